The van der Waals surface area contributed by atoms with Crippen LogP contribution in [-0.4, -0.2) is 101 Å². The minimum absolute atomic E-state index is 0. The Morgan fingerprint density at radius 1 is 0.814 bits per heavy atom. The predicted octanol–water partition coefficient (Wildman–Crippen LogP) is 1.94. The Kier molecular flexibility index (Phi) is 11.5. The van der Waals surface area contributed by atoms with E-state index in [0.717, 1.165) is 0 Å². The van der Waals surface area contributed by atoms with Gasteiger partial charge in [0.2, 0.25) is 0 Å². The number of amides is 1. The third-order valence-corrected chi connectivity index (χ3v) is 7.23. The number of pyridine rings is 1. The molecule has 2 aliphatic heterocycles. The number of carbonyl (C=O) groups is 1. The van der Waals surface area contributed by atoms with Gasteiger partial charge < -0.3 is 24.4 Å². The van der Waals surface area contributed by atoms with E-state index in [-0.39, 0.29) is 42.0 Å². The second kappa shape index (κ2) is 13.4. The molecule has 0 aliphatic carbocycles. The number of aliphatic imine (C=N–C) groups is 2. The molecule has 3 rings (SSSR count). The number of aromatic nitrogens is 1. The van der Waals surface area contributed by atoms with Gasteiger partial charge in [-0.05, 0) is 86.2 Å². The SMILES string of the molecule is CO[C@]1(C)CN2Cc3cc(NC(=O)OC(C)(C)C)cc(n3)CN(CC(C)(C)N=C1[O-])C[C@](C)(OC)C([O-])=NC(C)(C)C2.[Cu+2]. The molecule has 0 saturated carbocycles. The van der Waals surface area contributed by atoms with Gasteiger partial charge in [0.1, 0.15) is 16.8 Å². The molecule has 0 aromatic carbocycles. The normalized spacial score (nSPS) is 29.4. The number of fused-ring (bicyclic) bond motifs is 2. The molecule has 0 saturated heterocycles. The first-order valence-corrected chi connectivity index (χ1v) is 14.3. The zero-order valence-corrected chi connectivity index (χ0v) is 28.3. The van der Waals surface area contributed by atoms with Gasteiger partial charge in [0, 0.05) is 59.2 Å². The summed E-state index contributed by atoms with van der Waals surface area (Å²) in [4.78, 5) is 30.9. The molecule has 1 aromatic heterocycles. The van der Waals surface area contributed by atoms with Crippen molar-refractivity contribution >= 4 is 23.6 Å². The monoisotopic (exact) mass is 651 g/mol. The van der Waals surface area contributed by atoms with Gasteiger partial charge in [-0.15, -0.1) is 0 Å². The van der Waals surface area contributed by atoms with Crippen LogP contribution in [0.5, 0.6) is 0 Å². The number of methoxy groups -OCH3 is 2. The topological polar surface area (TPSA) is 147 Å². The maximum absolute atomic E-state index is 13.7. The zero-order valence-electron chi connectivity index (χ0n) is 27.4. The van der Waals surface area contributed by atoms with E-state index in [2.05, 4.69) is 15.3 Å². The molecule has 0 spiro atoms. The Bertz CT molecular complexity index is 1140. The Balaban J connectivity index is 0.00000645. The Hall–Kier alpha value is -2.28. The summed E-state index contributed by atoms with van der Waals surface area (Å²) in [5.41, 5.74) is -3.04. The average molecular weight is 652 g/mol. The van der Waals surface area contributed by atoms with Crippen LogP contribution in [0.25, 0.3) is 0 Å². The quantitative estimate of drug-likeness (QED) is 0.484. The number of nitrogens with zero attached hydrogens (tertiary/aromatic N) is 5. The van der Waals surface area contributed by atoms with E-state index in [1.165, 1.54) is 14.2 Å². The van der Waals surface area contributed by atoms with Gasteiger partial charge in [0.05, 0.1) is 22.5 Å². The summed E-state index contributed by atoms with van der Waals surface area (Å²) in [6.45, 7) is 17.9. The van der Waals surface area contributed by atoms with Crippen molar-refractivity contribution in [2.75, 3.05) is 45.7 Å². The summed E-state index contributed by atoms with van der Waals surface area (Å²) < 4.78 is 17.1. The van der Waals surface area contributed by atoms with Crippen LogP contribution in [0.15, 0.2) is 22.1 Å². The number of carbonyl (C=O) groups excluding carboxylic acids is 1. The molecular formula is C30H48CuN6O6. The maximum Gasteiger partial charge on any atom is 2.00 e. The summed E-state index contributed by atoms with van der Waals surface area (Å²) >= 11 is 0. The minimum atomic E-state index is -1.27. The summed E-state index contributed by atoms with van der Waals surface area (Å²) in [5.74, 6) is -0.743. The third-order valence-electron chi connectivity index (χ3n) is 7.23. The number of nitrogens with one attached hydrogen (secondary N) is 1. The average Bonchev–Trinajstić information content (AvgIpc) is 2.80. The van der Waals surface area contributed by atoms with Gasteiger partial charge >= 0.3 is 23.2 Å². The van der Waals surface area contributed by atoms with Gasteiger partial charge in [-0.3, -0.25) is 30.1 Å². The van der Waals surface area contributed by atoms with Gasteiger partial charge in [-0.25, -0.2) is 4.79 Å². The van der Waals surface area contributed by atoms with Crippen molar-refractivity contribution in [3.8, 4) is 0 Å². The summed E-state index contributed by atoms with van der Waals surface area (Å²) in [6.07, 6.45) is -0.579. The van der Waals surface area contributed by atoms with Gasteiger partial charge in [-0.2, -0.15) is 0 Å². The van der Waals surface area contributed by atoms with Crippen molar-refractivity contribution in [3.63, 3.8) is 0 Å². The number of hydrogen-bond donors (Lipinski definition) is 1. The Morgan fingerprint density at radius 2 is 1.21 bits per heavy atom. The van der Waals surface area contributed by atoms with E-state index in [4.69, 9.17) is 19.2 Å². The molecule has 1 N–H and O–H groups in total. The van der Waals surface area contributed by atoms with E-state index in [0.29, 0.717) is 43.3 Å². The molecule has 3 heterocycles. The fraction of sp³-hybridized carbons (Fsp3) is 0.733. The molecule has 2 unspecified atom stereocenters. The standard InChI is InChI=1S/C30H50N6O6.Cu/c1-26(2,3)42-25(39)32-20-12-21-14-35-16-27(4,5)33-23(37)29(8,40-10)19-36(15-22(13-20)31-21)17-28(6,7)34-24(38)30(9,18-35)41-11;/h12-13H,14-19H2,1-11H3,(H,33,37)(H,34,38)(H,31,32,39);/q;+2/p-2/t29-,30+;. The number of anilines is 1. The molecule has 4 bridgehead atoms. The van der Waals surface area contributed by atoms with Crippen LogP contribution in [0.1, 0.15) is 73.7 Å². The van der Waals surface area contributed by atoms with Gasteiger partial charge in [0.25, 0.3) is 0 Å². The van der Waals surface area contributed by atoms with Crippen molar-refractivity contribution in [1.29, 1.82) is 0 Å². The largest absolute Gasteiger partial charge is 2.00 e. The molecule has 12 nitrogen and oxygen atoms in total. The first-order chi connectivity index (χ1) is 19.2. The minimum Gasteiger partial charge on any atom is -0.860 e. The maximum atomic E-state index is 13.7. The Labute approximate surface area is 266 Å². The molecule has 2 aliphatic rings. The van der Waals surface area contributed by atoms with E-state index in [9.17, 15) is 15.0 Å². The fourth-order valence-electron chi connectivity index (χ4n) is 5.34. The summed E-state index contributed by atoms with van der Waals surface area (Å²) in [6, 6.07) is 3.58. The molecule has 4 atom stereocenters. The number of ether oxygens (including phenoxy) is 3. The van der Waals surface area contributed by atoms with Crippen LogP contribution in [0.3, 0.4) is 0 Å². The smallest absolute Gasteiger partial charge is 0.860 e. The predicted molar refractivity (Wildman–Crippen MR) is 159 cm³/mol. The molecule has 1 aromatic rings. The van der Waals surface area contributed by atoms with Crippen LogP contribution in [0.2, 0.25) is 0 Å². The first kappa shape index (κ1) is 36.9. The Morgan fingerprint density at radius 3 is 1.56 bits per heavy atom. The van der Waals surface area contributed by atoms with E-state index in [1.54, 1.807) is 46.8 Å². The third kappa shape index (κ3) is 10.1. The summed E-state index contributed by atoms with van der Waals surface area (Å²) in [5, 5.41) is 30.2. The van der Waals surface area contributed by atoms with Crippen LogP contribution in [0, 0.1) is 0 Å². The van der Waals surface area contributed by atoms with Crippen LogP contribution in [-0.2, 0) is 44.4 Å². The van der Waals surface area contributed by atoms with E-state index < -0.39 is 34.0 Å². The van der Waals surface area contributed by atoms with Crippen molar-refractivity contribution in [2.24, 2.45) is 9.98 Å². The molecule has 245 valence electrons. The molecule has 1 radical (unpaired) electrons. The van der Waals surface area contributed by atoms with Crippen LogP contribution >= 0.6 is 0 Å². The molecular weight excluding hydrogens is 604 g/mol. The first-order valence-electron chi connectivity index (χ1n) is 14.3. The fourth-order valence-corrected chi connectivity index (χ4v) is 5.34. The zero-order chi connectivity index (χ0) is 31.7. The van der Waals surface area contributed by atoms with Crippen molar-refractivity contribution in [2.45, 2.75) is 103 Å². The van der Waals surface area contributed by atoms with Crippen molar-refractivity contribution < 1.29 is 46.3 Å². The molecule has 13 heteroatoms. The molecule has 1 amide bonds. The molecule has 43 heavy (non-hydrogen) atoms. The molecule has 0 fully saturated rings. The van der Waals surface area contributed by atoms with Crippen LogP contribution in [0.4, 0.5) is 10.5 Å². The van der Waals surface area contributed by atoms with Crippen molar-refractivity contribution in [3.05, 3.63) is 23.5 Å². The number of rotatable bonds is 3. The van der Waals surface area contributed by atoms with Gasteiger partial charge in [-0.1, -0.05) is 0 Å². The summed E-state index contributed by atoms with van der Waals surface area (Å²) in [7, 11) is 2.99. The van der Waals surface area contributed by atoms with E-state index >= 15 is 0 Å². The van der Waals surface area contributed by atoms with Gasteiger partial charge in [0.15, 0.2) is 0 Å². The number of hydrogen-bond acceptors (Lipinski definition) is 11. The van der Waals surface area contributed by atoms with Crippen LogP contribution < -0.4 is 15.5 Å². The van der Waals surface area contributed by atoms with E-state index in [1.807, 2.05) is 37.5 Å². The second-order valence-electron chi connectivity index (χ2n) is 14.1. The second-order valence-corrected chi connectivity index (χ2v) is 14.1. The van der Waals surface area contributed by atoms with Crippen molar-refractivity contribution in [1.82, 2.24) is 14.8 Å².